The molecule has 1 N–H and O–H groups in total. The number of hydrogen-bond donors (Lipinski definition) is 1. The average Bonchev–Trinajstić information content (AvgIpc) is 3.30. The lowest BCUT2D eigenvalue weighted by Gasteiger charge is -2.22. The molecule has 0 heterocycles. The Morgan fingerprint density at radius 3 is 2.55 bits per heavy atom. The normalized spacial score (nSPS) is 14.2. The zero-order valence-electron chi connectivity index (χ0n) is 13.8. The van der Waals surface area contributed by atoms with Crippen molar-refractivity contribution in [3.63, 3.8) is 0 Å². The van der Waals surface area contributed by atoms with Gasteiger partial charge in [0.15, 0.2) is 5.96 Å². The third-order valence-electron chi connectivity index (χ3n) is 3.76. The Morgan fingerprint density at radius 1 is 1.32 bits per heavy atom. The van der Waals surface area contributed by atoms with Crippen LogP contribution in [0.3, 0.4) is 0 Å². The molecule has 1 aliphatic carbocycles. The molecule has 124 valence electrons. The minimum absolute atomic E-state index is 0. The van der Waals surface area contributed by atoms with Gasteiger partial charge in [-0.15, -0.1) is 24.0 Å². The minimum Gasteiger partial charge on any atom is -0.494 e. The summed E-state index contributed by atoms with van der Waals surface area (Å²) in [5, 5.41) is 3.44. The molecule has 1 aliphatic rings. The molecule has 0 bridgehead atoms. The van der Waals surface area contributed by atoms with Gasteiger partial charge in [0.1, 0.15) is 5.75 Å². The molecule has 0 aliphatic heterocycles. The van der Waals surface area contributed by atoms with E-state index in [4.69, 9.17) is 4.74 Å². The molecule has 2 rings (SSSR count). The van der Waals surface area contributed by atoms with Crippen molar-refractivity contribution >= 4 is 29.9 Å². The van der Waals surface area contributed by atoms with E-state index in [2.05, 4.69) is 34.4 Å². The molecule has 0 amide bonds. The van der Waals surface area contributed by atoms with Crippen molar-refractivity contribution in [1.29, 1.82) is 0 Å². The van der Waals surface area contributed by atoms with Gasteiger partial charge < -0.3 is 15.0 Å². The summed E-state index contributed by atoms with van der Waals surface area (Å²) in [5.74, 6) is 2.84. The predicted molar refractivity (Wildman–Crippen MR) is 103 cm³/mol. The molecule has 0 atom stereocenters. The molecule has 1 aromatic carbocycles. The van der Waals surface area contributed by atoms with Gasteiger partial charge in [0.05, 0.1) is 6.61 Å². The number of guanidine groups is 1. The van der Waals surface area contributed by atoms with E-state index in [0.717, 1.165) is 30.7 Å². The van der Waals surface area contributed by atoms with Crippen molar-refractivity contribution in [3.8, 4) is 5.75 Å². The zero-order valence-corrected chi connectivity index (χ0v) is 16.2. The van der Waals surface area contributed by atoms with Crippen molar-refractivity contribution in [1.82, 2.24) is 10.2 Å². The Bertz CT molecular complexity index is 457. The first kappa shape index (κ1) is 19.1. The van der Waals surface area contributed by atoms with E-state index < -0.39 is 0 Å². The first-order chi connectivity index (χ1) is 10.2. The molecular formula is C17H28IN3O. The van der Waals surface area contributed by atoms with Gasteiger partial charge in [-0.1, -0.05) is 25.0 Å². The maximum atomic E-state index is 5.47. The highest BCUT2D eigenvalue weighted by Crippen LogP contribution is 2.31. The van der Waals surface area contributed by atoms with Gasteiger partial charge in [0.25, 0.3) is 0 Å². The van der Waals surface area contributed by atoms with Crippen molar-refractivity contribution < 1.29 is 4.74 Å². The van der Waals surface area contributed by atoms with E-state index in [1.54, 1.807) is 0 Å². The summed E-state index contributed by atoms with van der Waals surface area (Å²) in [7, 11) is 3.91. The second kappa shape index (κ2) is 9.92. The third-order valence-corrected chi connectivity index (χ3v) is 3.76. The number of benzene rings is 1. The number of hydrogen-bond acceptors (Lipinski definition) is 2. The number of ether oxygens (including phenoxy) is 1. The van der Waals surface area contributed by atoms with Crippen molar-refractivity contribution in [2.75, 3.05) is 27.2 Å². The first-order valence-electron chi connectivity index (χ1n) is 7.86. The van der Waals surface area contributed by atoms with Crippen LogP contribution in [0.5, 0.6) is 5.75 Å². The molecular weight excluding hydrogens is 389 g/mol. The van der Waals surface area contributed by atoms with Gasteiger partial charge >= 0.3 is 0 Å². The number of rotatable bonds is 7. The Morgan fingerprint density at radius 2 is 2.00 bits per heavy atom. The van der Waals surface area contributed by atoms with Crippen LogP contribution in [0.15, 0.2) is 29.3 Å². The lowest BCUT2D eigenvalue weighted by atomic mass is 10.2. The van der Waals surface area contributed by atoms with Gasteiger partial charge in [-0.05, 0) is 37.0 Å². The Kier molecular flexibility index (Phi) is 8.60. The lowest BCUT2D eigenvalue weighted by molar-refractivity contribution is 0.340. The largest absolute Gasteiger partial charge is 0.494 e. The van der Waals surface area contributed by atoms with Crippen LogP contribution >= 0.6 is 24.0 Å². The summed E-state index contributed by atoms with van der Waals surface area (Å²) < 4.78 is 5.47. The monoisotopic (exact) mass is 417 g/mol. The van der Waals surface area contributed by atoms with Crippen LogP contribution in [0.4, 0.5) is 0 Å². The summed E-state index contributed by atoms with van der Waals surface area (Å²) >= 11 is 0. The van der Waals surface area contributed by atoms with Crippen LogP contribution in [-0.4, -0.2) is 38.1 Å². The van der Waals surface area contributed by atoms with Crippen LogP contribution in [-0.2, 0) is 6.54 Å². The van der Waals surface area contributed by atoms with E-state index >= 15 is 0 Å². The summed E-state index contributed by atoms with van der Waals surface area (Å²) in [6.07, 6.45) is 4.07. The lowest BCUT2D eigenvalue weighted by Crippen LogP contribution is -2.39. The summed E-state index contributed by atoms with van der Waals surface area (Å²) in [5.41, 5.74) is 1.26. The molecule has 0 aromatic heterocycles. The Balaban J connectivity index is 0.00000242. The third kappa shape index (κ3) is 6.42. The van der Waals surface area contributed by atoms with E-state index in [9.17, 15) is 0 Å². The number of halogens is 1. The Labute approximate surface area is 151 Å². The number of nitrogens with one attached hydrogen (secondary N) is 1. The molecule has 5 heteroatoms. The van der Waals surface area contributed by atoms with Gasteiger partial charge in [0, 0.05) is 27.2 Å². The second-order valence-corrected chi connectivity index (χ2v) is 5.64. The molecule has 0 saturated heterocycles. The Hall–Kier alpha value is -0.980. The molecule has 4 nitrogen and oxygen atoms in total. The molecule has 0 unspecified atom stereocenters. The fraction of sp³-hybridized carbons (Fsp3) is 0.588. The van der Waals surface area contributed by atoms with E-state index in [0.29, 0.717) is 6.61 Å². The molecule has 0 spiro atoms. The van der Waals surface area contributed by atoms with Gasteiger partial charge in [-0.2, -0.15) is 0 Å². The molecule has 0 radical (unpaired) electrons. The zero-order chi connectivity index (χ0) is 15.1. The summed E-state index contributed by atoms with van der Waals surface area (Å²) in [6, 6.07) is 8.27. The smallest absolute Gasteiger partial charge is 0.193 e. The number of nitrogens with zero attached hydrogens (tertiary/aromatic N) is 2. The minimum atomic E-state index is 0. The average molecular weight is 417 g/mol. The highest BCUT2D eigenvalue weighted by molar-refractivity contribution is 14.0. The van der Waals surface area contributed by atoms with Crippen LogP contribution in [0.25, 0.3) is 0 Å². The molecule has 1 saturated carbocycles. The summed E-state index contributed by atoms with van der Waals surface area (Å²) in [6.45, 7) is 4.57. The van der Waals surface area contributed by atoms with Crippen LogP contribution in [0, 0.1) is 5.92 Å². The maximum absolute atomic E-state index is 5.47. The van der Waals surface area contributed by atoms with Crippen molar-refractivity contribution in [3.05, 3.63) is 29.8 Å². The molecule has 22 heavy (non-hydrogen) atoms. The maximum Gasteiger partial charge on any atom is 0.193 e. The standard InChI is InChI=1S/C17H27N3O.HI/c1-4-21-16-9-7-15(8-10-16)13-20(3)17(18-2)19-12-11-14-5-6-14;/h7-10,14H,4-6,11-13H2,1-3H3,(H,18,19);1H. The van der Waals surface area contributed by atoms with Crippen LogP contribution in [0.2, 0.25) is 0 Å². The highest BCUT2D eigenvalue weighted by Gasteiger charge is 2.20. The van der Waals surface area contributed by atoms with E-state index in [1.807, 2.05) is 26.1 Å². The second-order valence-electron chi connectivity index (χ2n) is 5.64. The molecule has 1 fully saturated rings. The SMILES string of the molecule is CCOc1ccc(CN(C)C(=NC)NCCC2CC2)cc1.I. The van der Waals surface area contributed by atoms with E-state index in [1.165, 1.54) is 24.8 Å². The fourth-order valence-corrected chi connectivity index (χ4v) is 2.39. The van der Waals surface area contributed by atoms with E-state index in [-0.39, 0.29) is 24.0 Å². The van der Waals surface area contributed by atoms with Crippen molar-refractivity contribution in [2.24, 2.45) is 10.9 Å². The highest BCUT2D eigenvalue weighted by atomic mass is 127. The predicted octanol–water partition coefficient (Wildman–Crippen LogP) is 3.51. The number of aliphatic imine (C=N–C) groups is 1. The van der Waals surface area contributed by atoms with Gasteiger partial charge in [0.2, 0.25) is 0 Å². The summed E-state index contributed by atoms with van der Waals surface area (Å²) in [4.78, 5) is 6.51. The first-order valence-corrected chi connectivity index (χ1v) is 7.86. The van der Waals surface area contributed by atoms with Crippen molar-refractivity contribution in [2.45, 2.75) is 32.7 Å². The van der Waals surface area contributed by atoms with Crippen LogP contribution < -0.4 is 10.1 Å². The van der Waals surface area contributed by atoms with Gasteiger partial charge in [-0.3, -0.25) is 4.99 Å². The quantitative estimate of drug-likeness (QED) is 0.419. The molecule has 1 aromatic rings. The van der Waals surface area contributed by atoms with Gasteiger partial charge in [-0.25, -0.2) is 0 Å². The fourth-order valence-electron chi connectivity index (χ4n) is 2.39. The topological polar surface area (TPSA) is 36.9 Å². The van der Waals surface area contributed by atoms with Crippen LogP contribution in [0.1, 0.15) is 31.7 Å².